The van der Waals surface area contributed by atoms with Crippen LogP contribution in [0.2, 0.25) is 0 Å². The van der Waals surface area contributed by atoms with E-state index in [-0.39, 0.29) is 11.5 Å². The number of carbonyl (C=O) groups is 2. The molecule has 2 rings (SSSR count). The van der Waals surface area contributed by atoms with Gasteiger partial charge in [-0.3, -0.25) is 9.59 Å². The standard InChI is InChI=1S/C18H19FN2O2/c1-18(2,3)21-17(23)13-9-5-7-11-15(13)20-16(22)12-8-4-6-10-14(12)19/h4-11H,1-3H3,(H,20,22)(H,21,23). The van der Waals surface area contributed by atoms with Gasteiger partial charge in [0.2, 0.25) is 0 Å². The van der Waals surface area contributed by atoms with Crippen LogP contribution in [0.5, 0.6) is 0 Å². The summed E-state index contributed by atoms with van der Waals surface area (Å²) in [5.41, 5.74) is 0.188. The van der Waals surface area contributed by atoms with E-state index in [4.69, 9.17) is 0 Å². The van der Waals surface area contributed by atoms with Crippen molar-refractivity contribution in [3.05, 3.63) is 65.5 Å². The molecule has 0 aliphatic rings. The van der Waals surface area contributed by atoms with E-state index >= 15 is 0 Å². The molecule has 0 aliphatic carbocycles. The first kappa shape index (κ1) is 16.7. The SMILES string of the molecule is CC(C)(C)NC(=O)c1ccccc1NC(=O)c1ccccc1F. The van der Waals surface area contributed by atoms with Crippen molar-refractivity contribution in [3.63, 3.8) is 0 Å². The molecule has 0 saturated carbocycles. The molecule has 0 radical (unpaired) electrons. The Hall–Kier alpha value is -2.69. The maximum Gasteiger partial charge on any atom is 0.258 e. The fourth-order valence-corrected chi connectivity index (χ4v) is 2.03. The van der Waals surface area contributed by atoms with E-state index in [0.717, 1.165) is 0 Å². The van der Waals surface area contributed by atoms with Crippen LogP contribution in [0.1, 0.15) is 41.5 Å². The summed E-state index contributed by atoms with van der Waals surface area (Å²) < 4.78 is 13.7. The quantitative estimate of drug-likeness (QED) is 0.909. The van der Waals surface area contributed by atoms with Crippen molar-refractivity contribution in [3.8, 4) is 0 Å². The van der Waals surface area contributed by atoms with Crippen molar-refractivity contribution in [1.82, 2.24) is 5.32 Å². The summed E-state index contributed by atoms with van der Waals surface area (Å²) in [6.45, 7) is 5.60. The lowest BCUT2D eigenvalue weighted by Crippen LogP contribution is -2.40. The zero-order valence-electron chi connectivity index (χ0n) is 13.3. The molecular formula is C18H19FN2O2. The molecule has 0 aliphatic heterocycles. The highest BCUT2D eigenvalue weighted by Crippen LogP contribution is 2.18. The first-order chi connectivity index (χ1) is 10.8. The molecule has 0 bridgehead atoms. The molecule has 0 aromatic heterocycles. The van der Waals surface area contributed by atoms with Gasteiger partial charge in [-0.15, -0.1) is 0 Å². The van der Waals surface area contributed by atoms with E-state index in [2.05, 4.69) is 10.6 Å². The molecule has 0 fully saturated rings. The monoisotopic (exact) mass is 314 g/mol. The van der Waals surface area contributed by atoms with Gasteiger partial charge in [-0.25, -0.2) is 4.39 Å². The topological polar surface area (TPSA) is 58.2 Å². The van der Waals surface area contributed by atoms with Crippen molar-refractivity contribution in [2.45, 2.75) is 26.3 Å². The first-order valence-corrected chi connectivity index (χ1v) is 7.25. The smallest absolute Gasteiger partial charge is 0.258 e. The number of anilines is 1. The lowest BCUT2D eigenvalue weighted by molar-refractivity contribution is 0.0920. The van der Waals surface area contributed by atoms with Gasteiger partial charge in [0.1, 0.15) is 5.82 Å². The van der Waals surface area contributed by atoms with E-state index < -0.39 is 17.3 Å². The molecule has 2 amide bonds. The van der Waals surface area contributed by atoms with Crippen LogP contribution >= 0.6 is 0 Å². The molecule has 4 nitrogen and oxygen atoms in total. The van der Waals surface area contributed by atoms with Crippen molar-refractivity contribution >= 4 is 17.5 Å². The highest BCUT2D eigenvalue weighted by molar-refractivity contribution is 6.09. The Labute approximate surface area is 134 Å². The number of halogens is 1. The number of para-hydroxylation sites is 1. The van der Waals surface area contributed by atoms with Gasteiger partial charge in [-0.05, 0) is 45.0 Å². The molecule has 0 heterocycles. The van der Waals surface area contributed by atoms with E-state index in [1.165, 1.54) is 18.2 Å². The molecule has 23 heavy (non-hydrogen) atoms. The van der Waals surface area contributed by atoms with Crippen molar-refractivity contribution in [2.24, 2.45) is 0 Å². The summed E-state index contributed by atoms with van der Waals surface area (Å²) in [6, 6.07) is 12.3. The third kappa shape index (κ3) is 4.39. The number of hydrogen-bond acceptors (Lipinski definition) is 2. The second kappa shape index (κ2) is 6.60. The van der Waals surface area contributed by atoms with Crippen LogP contribution in [0, 0.1) is 5.82 Å². The van der Waals surface area contributed by atoms with Crippen LogP contribution in [0.4, 0.5) is 10.1 Å². The van der Waals surface area contributed by atoms with E-state index in [1.807, 2.05) is 20.8 Å². The molecule has 2 N–H and O–H groups in total. The summed E-state index contributed by atoms with van der Waals surface area (Å²) in [6.07, 6.45) is 0. The lowest BCUT2D eigenvalue weighted by atomic mass is 10.1. The Morgan fingerprint density at radius 3 is 2.04 bits per heavy atom. The molecule has 0 unspecified atom stereocenters. The average Bonchev–Trinajstić information content (AvgIpc) is 2.46. The van der Waals surface area contributed by atoms with Gasteiger partial charge in [0, 0.05) is 5.54 Å². The summed E-state index contributed by atoms with van der Waals surface area (Å²) in [4.78, 5) is 24.5. The molecule has 0 atom stereocenters. The first-order valence-electron chi connectivity index (χ1n) is 7.25. The summed E-state index contributed by atoms with van der Waals surface area (Å²) in [5, 5.41) is 5.43. The summed E-state index contributed by atoms with van der Waals surface area (Å²) in [5.74, 6) is -1.51. The van der Waals surface area contributed by atoms with E-state index in [9.17, 15) is 14.0 Å². The predicted molar refractivity (Wildman–Crippen MR) is 88.0 cm³/mol. The molecule has 0 saturated heterocycles. The fourth-order valence-electron chi connectivity index (χ4n) is 2.03. The zero-order chi connectivity index (χ0) is 17.0. The number of carbonyl (C=O) groups excluding carboxylic acids is 2. The van der Waals surface area contributed by atoms with Crippen molar-refractivity contribution in [2.75, 3.05) is 5.32 Å². The van der Waals surface area contributed by atoms with Gasteiger partial charge in [-0.2, -0.15) is 0 Å². The maximum atomic E-state index is 13.7. The van der Waals surface area contributed by atoms with Crippen LogP contribution in [-0.4, -0.2) is 17.4 Å². The Morgan fingerprint density at radius 1 is 0.870 bits per heavy atom. The number of hydrogen-bond donors (Lipinski definition) is 2. The van der Waals surface area contributed by atoms with Gasteiger partial charge >= 0.3 is 0 Å². The van der Waals surface area contributed by atoms with E-state index in [1.54, 1.807) is 30.3 Å². The molecule has 2 aromatic rings. The van der Waals surface area contributed by atoms with Crippen LogP contribution in [-0.2, 0) is 0 Å². The van der Waals surface area contributed by atoms with Crippen LogP contribution in [0.3, 0.4) is 0 Å². The molecule has 0 spiro atoms. The van der Waals surface area contributed by atoms with Gasteiger partial charge in [0.25, 0.3) is 11.8 Å². The average molecular weight is 314 g/mol. The van der Waals surface area contributed by atoms with Crippen molar-refractivity contribution < 1.29 is 14.0 Å². The molecule has 120 valence electrons. The van der Waals surface area contributed by atoms with Gasteiger partial charge in [-0.1, -0.05) is 24.3 Å². The number of benzene rings is 2. The van der Waals surface area contributed by atoms with E-state index in [0.29, 0.717) is 11.3 Å². The Bertz CT molecular complexity index is 736. The maximum absolute atomic E-state index is 13.7. The minimum Gasteiger partial charge on any atom is -0.347 e. The highest BCUT2D eigenvalue weighted by Gasteiger charge is 2.19. The number of amides is 2. The zero-order valence-corrected chi connectivity index (χ0v) is 13.3. The largest absolute Gasteiger partial charge is 0.347 e. The van der Waals surface area contributed by atoms with Gasteiger partial charge in [0.05, 0.1) is 16.8 Å². The fraction of sp³-hybridized carbons (Fsp3) is 0.222. The predicted octanol–water partition coefficient (Wildman–Crippen LogP) is 3.61. The van der Waals surface area contributed by atoms with Crippen LogP contribution in [0.15, 0.2) is 48.5 Å². The second-order valence-electron chi connectivity index (χ2n) is 6.18. The molecule has 2 aromatic carbocycles. The third-order valence-corrected chi connectivity index (χ3v) is 3.03. The summed E-state index contributed by atoms with van der Waals surface area (Å²) in [7, 11) is 0. The Morgan fingerprint density at radius 2 is 1.43 bits per heavy atom. The van der Waals surface area contributed by atoms with Crippen LogP contribution < -0.4 is 10.6 Å². The van der Waals surface area contributed by atoms with Gasteiger partial charge in [0.15, 0.2) is 0 Å². The lowest BCUT2D eigenvalue weighted by Gasteiger charge is -2.21. The Balaban J connectivity index is 2.26. The molecular weight excluding hydrogens is 295 g/mol. The molecule has 5 heteroatoms. The number of rotatable bonds is 3. The minimum absolute atomic E-state index is 0.0708. The van der Waals surface area contributed by atoms with Crippen LogP contribution in [0.25, 0.3) is 0 Å². The second-order valence-corrected chi connectivity index (χ2v) is 6.18. The highest BCUT2D eigenvalue weighted by atomic mass is 19.1. The van der Waals surface area contributed by atoms with Crippen molar-refractivity contribution in [1.29, 1.82) is 0 Å². The normalized spacial score (nSPS) is 11.0. The minimum atomic E-state index is -0.610. The summed E-state index contributed by atoms with van der Waals surface area (Å²) >= 11 is 0. The third-order valence-electron chi connectivity index (χ3n) is 3.03. The van der Waals surface area contributed by atoms with Gasteiger partial charge < -0.3 is 10.6 Å². The number of nitrogens with one attached hydrogen (secondary N) is 2. The Kier molecular flexibility index (Phi) is 4.79.